The SMILES string of the molecule is CC(C)n1ccc(CN2C[C@H]3CNC[C@H]3C2)n1. The van der Waals surface area contributed by atoms with Crippen LogP contribution in [0.2, 0.25) is 0 Å². The van der Waals surface area contributed by atoms with Gasteiger partial charge in [0.25, 0.3) is 0 Å². The minimum absolute atomic E-state index is 0.464. The van der Waals surface area contributed by atoms with Crippen LogP contribution in [0.1, 0.15) is 25.6 Å². The number of likely N-dealkylation sites (tertiary alicyclic amines) is 1. The quantitative estimate of drug-likeness (QED) is 0.850. The van der Waals surface area contributed by atoms with E-state index in [0.717, 1.165) is 18.4 Å². The van der Waals surface area contributed by atoms with Crippen LogP contribution < -0.4 is 5.32 Å². The van der Waals surface area contributed by atoms with Gasteiger partial charge in [-0.1, -0.05) is 0 Å². The molecular formula is C13H22N4. The zero-order chi connectivity index (χ0) is 11.8. The van der Waals surface area contributed by atoms with Crippen molar-refractivity contribution in [1.82, 2.24) is 20.0 Å². The molecule has 94 valence electrons. The first-order valence-corrected chi connectivity index (χ1v) is 6.69. The predicted octanol–water partition coefficient (Wildman–Crippen LogP) is 1.12. The summed E-state index contributed by atoms with van der Waals surface area (Å²) in [5.41, 5.74) is 1.21. The summed E-state index contributed by atoms with van der Waals surface area (Å²) in [5.74, 6) is 1.75. The number of hydrogen-bond acceptors (Lipinski definition) is 3. The largest absolute Gasteiger partial charge is 0.316 e. The first-order valence-electron chi connectivity index (χ1n) is 6.69. The Hall–Kier alpha value is -0.870. The molecule has 1 aromatic rings. The van der Waals surface area contributed by atoms with Crippen molar-refractivity contribution in [3.05, 3.63) is 18.0 Å². The standard InChI is InChI=1S/C13H22N4/c1-10(2)17-4-3-13(15-17)9-16-7-11-5-14-6-12(11)8-16/h3-4,10-12,14H,5-9H2,1-2H3/t11-,12+. The Morgan fingerprint density at radius 1 is 1.35 bits per heavy atom. The fourth-order valence-corrected chi connectivity index (χ4v) is 3.06. The molecule has 0 aliphatic carbocycles. The lowest BCUT2D eigenvalue weighted by atomic mass is 10.0. The highest BCUT2D eigenvalue weighted by molar-refractivity contribution is 5.01. The second kappa shape index (κ2) is 4.42. The van der Waals surface area contributed by atoms with Crippen molar-refractivity contribution in [3.63, 3.8) is 0 Å². The molecular weight excluding hydrogens is 212 g/mol. The molecule has 2 aliphatic rings. The van der Waals surface area contributed by atoms with E-state index in [9.17, 15) is 0 Å². The number of nitrogens with zero attached hydrogens (tertiary/aromatic N) is 3. The molecule has 3 heterocycles. The van der Waals surface area contributed by atoms with Gasteiger partial charge in [0, 0.05) is 31.9 Å². The summed E-state index contributed by atoms with van der Waals surface area (Å²) in [7, 11) is 0. The van der Waals surface area contributed by atoms with Gasteiger partial charge in [-0.3, -0.25) is 9.58 Å². The highest BCUT2D eigenvalue weighted by Crippen LogP contribution is 2.27. The smallest absolute Gasteiger partial charge is 0.0764 e. The van der Waals surface area contributed by atoms with Gasteiger partial charge in [0.1, 0.15) is 0 Å². The van der Waals surface area contributed by atoms with Crippen molar-refractivity contribution < 1.29 is 0 Å². The lowest BCUT2D eigenvalue weighted by Gasteiger charge is -2.15. The van der Waals surface area contributed by atoms with Crippen molar-refractivity contribution in [3.8, 4) is 0 Å². The molecule has 2 fully saturated rings. The summed E-state index contributed by atoms with van der Waals surface area (Å²) in [6, 6.07) is 2.62. The molecule has 0 unspecified atom stereocenters. The van der Waals surface area contributed by atoms with E-state index in [4.69, 9.17) is 0 Å². The van der Waals surface area contributed by atoms with Gasteiger partial charge in [-0.2, -0.15) is 5.10 Å². The maximum atomic E-state index is 4.63. The Kier molecular flexibility index (Phi) is 2.92. The van der Waals surface area contributed by atoms with Crippen molar-refractivity contribution >= 4 is 0 Å². The molecule has 0 spiro atoms. The topological polar surface area (TPSA) is 33.1 Å². The van der Waals surface area contributed by atoms with E-state index < -0.39 is 0 Å². The summed E-state index contributed by atoms with van der Waals surface area (Å²) < 4.78 is 2.05. The van der Waals surface area contributed by atoms with Crippen LogP contribution in [0.25, 0.3) is 0 Å². The molecule has 0 saturated carbocycles. The van der Waals surface area contributed by atoms with Gasteiger partial charge in [0.2, 0.25) is 0 Å². The van der Waals surface area contributed by atoms with Crippen LogP contribution >= 0.6 is 0 Å². The first-order chi connectivity index (χ1) is 8.22. The highest BCUT2D eigenvalue weighted by atomic mass is 15.3. The van der Waals surface area contributed by atoms with E-state index in [0.29, 0.717) is 6.04 Å². The van der Waals surface area contributed by atoms with Crippen LogP contribution in [0, 0.1) is 11.8 Å². The molecule has 0 aromatic carbocycles. The first kappa shape index (κ1) is 11.2. The van der Waals surface area contributed by atoms with E-state index in [1.54, 1.807) is 0 Å². The van der Waals surface area contributed by atoms with Gasteiger partial charge >= 0.3 is 0 Å². The molecule has 17 heavy (non-hydrogen) atoms. The fourth-order valence-electron chi connectivity index (χ4n) is 3.06. The second-order valence-corrected chi connectivity index (χ2v) is 5.75. The van der Waals surface area contributed by atoms with Gasteiger partial charge in [-0.05, 0) is 44.8 Å². The lowest BCUT2D eigenvalue weighted by molar-refractivity contribution is 0.300. The van der Waals surface area contributed by atoms with Crippen LogP contribution in [0.4, 0.5) is 0 Å². The summed E-state index contributed by atoms with van der Waals surface area (Å²) in [5, 5.41) is 8.11. The van der Waals surface area contributed by atoms with E-state index >= 15 is 0 Å². The van der Waals surface area contributed by atoms with Crippen LogP contribution in [-0.4, -0.2) is 40.9 Å². The molecule has 4 nitrogen and oxygen atoms in total. The molecule has 0 radical (unpaired) electrons. The zero-order valence-corrected chi connectivity index (χ0v) is 10.8. The van der Waals surface area contributed by atoms with Gasteiger partial charge < -0.3 is 5.32 Å². The van der Waals surface area contributed by atoms with Gasteiger partial charge in [-0.25, -0.2) is 0 Å². The second-order valence-electron chi connectivity index (χ2n) is 5.75. The van der Waals surface area contributed by atoms with Crippen LogP contribution in [-0.2, 0) is 6.54 Å². The van der Waals surface area contributed by atoms with E-state index in [-0.39, 0.29) is 0 Å². The monoisotopic (exact) mass is 234 g/mol. The molecule has 3 rings (SSSR count). The lowest BCUT2D eigenvalue weighted by Crippen LogP contribution is -2.25. The van der Waals surface area contributed by atoms with Gasteiger partial charge in [0.05, 0.1) is 5.69 Å². The summed E-state index contributed by atoms with van der Waals surface area (Å²) in [4.78, 5) is 2.56. The number of rotatable bonds is 3. The van der Waals surface area contributed by atoms with Crippen molar-refractivity contribution in [2.24, 2.45) is 11.8 Å². The maximum Gasteiger partial charge on any atom is 0.0764 e. The summed E-state index contributed by atoms with van der Waals surface area (Å²) in [6.45, 7) is 10.3. The predicted molar refractivity (Wildman–Crippen MR) is 67.7 cm³/mol. The molecule has 1 aromatic heterocycles. The molecule has 2 saturated heterocycles. The molecule has 2 aliphatic heterocycles. The minimum atomic E-state index is 0.464. The number of nitrogens with one attached hydrogen (secondary N) is 1. The van der Waals surface area contributed by atoms with Gasteiger partial charge in [0.15, 0.2) is 0 Å². The van der Waals surface area contributed by atoms with E-state index in [2.05, 4.69) is 41.4 Å². The third-order valence-electron chi connectivity index (χ3n) is 4.04. The third kappa shape index (κ3) is 2.24. The molecule has 1 N–H and O–H groups in total. The Bertz CT molecular complexity index is 373. The van der Waals surface area contributed by atoms with E-state index in [1.165, 1.54) is 31.9 Å². The molecule has 0 amide bonds. The van der Waals surface area contributed by atoms with Gasteiger partial charge in [-0.15, -0.1) is 0 Å². The number of hydrogen-bond donors (Lipinski definition) is 1. The maximum absolute atomic E-state index is 4.63. The Labute approximate surface area is 103 Å². The highest BCUT2D eigenvalue weighted by Gasteiger charge is 2.35. The van der Waals surface area contributed by atoms with E-state index in [1.807, 2.05) is 4.68 Å². The molecule has 4 heteroatoms. The molecule has 2 atom stereocenters. The van der Waals surface area contributed by atoms with Crippen molar-refractivity contribution in [1.29, 1.82) is 0 Å². The molecule has 0 bridgehead atoms. The summed E-state index contributed by atoms with van der Waals surface area (Å²) >= 11 is 0. The average molecular weight is 234 g/mol. The minimum Gasteiger partial charge on any atom is -0.316 e. The zero-order valence-electron chi connectivity index (χ0n) is 10.8. The Morgan fingerprint density at radius 2 is 2.06 bits per heavy atom. The third-order valence-corrected chi connectivity index (χ3v) is 4.04. The number of fused-ring (bicyclic) bond motifs is 1. The van der Waals surface area contributed by atoms with Crippen LogP contribution in [0.15, 0.2) is 12.3 Å². The number of aromatic nitrogens is 2. The van der Waals surface area contributed by atoms with Crippen molar-refractivity contribution in [2.45, 2.75) is 26.4 Å². The fraction of sp³-hybridized carbons (Fsp3) is 0.769. The summed E-state index contributed by atoms with van der Waals surface area (Å²) in [6.07, 6.45) is 2.10. The Balaban J connectivity index is 1.60. The normalized spacial score (nSPS) is 29.1. The van der Waals surface area contributed by atoms with Crippen LogP contribution in [0.3, 0.4) is 0 Å². The Morgan fingerprint density at radius 3 is 2.65 bits per heavy atom. The van der Waals surface area contributed by atoms with Crippen molar-refractivity contribution in [2.75, 3.05) is 26.2 Å². The van der Waals surface area contributed by atoms with Crippen LogP contribution in [0.5, 0.6) is 0 Å². The average Bonchev–Trinajstić information content (AvgIpc) is 2.91.